The number of nitriles is 1. The molecule has 3 heterocycles. The Balaban J connectivity index is 1.31. The van der Waals surface area contributed by atoms with Crippen molar-refractivity contribution in [2.75, 3.05) is 18.4 Å². The molecule has 178 valence electrons. The minimum absolute atomic E-state index is 0.778. The van der Waals surface area contributed by atoms with Crippen molar-refractivity contribution in [3.8, 4) is 6.07 Å². The van der Waals surface area contributed by atoms with Gasteiger partial charge in [0, 0.05) is 42.3 Å². The summed E-state index contributed by atoms with van der Waals surface area (Å²) in [6.45, 7) is 12.2. The summed E-state index contributed by atoms with van der Waals surface area (Å²) in [5.74, 6) is 0. The average molecular weight is 482 g/mol. The molecule has 0 fully saturated rings. The molecule has 35 heavy (non-hydrogen) atoms. The van der Waals surface area contributed by atoms with E-state index in [9.17, 15) is 5.26 Å². The Kier molecular flexibility index (Phi) is 6.72. The van der Waals surface area contributed by atoms with Crippen LogP contribution in [-0.2, 0) is 25.9 Å². The van der Waals surface area contributed by atoms with Gasteiger partial charge in [0.2, 0.25) is 0 Å². The highest BCUT2D eigenvalue weighted by Gasteiger charge is 2.25. The van der Waals surface area contributed by atoms with Gasteiger partial charge in [-0.25, -0.2) is 4.98 Å². The highest BCUT2D eigenvalue weighted by molar-refractivity contribution is 7.16. The lowest BCUT2D eigenvalue weighted by Crippen LogP contribution is -2.32. The summed E-state index contributed by atoms with van der Waals surface area (Å²) in [7, 11) is 0. The first-order valence-corrected chi connectivity index (χ1v) is 13.1. The molecule has 0 bridgehead atoms. The number of fused-ring (bicyclic) bond motifs is 2. The second kappa shape index (κ2) is 10.1. The zero-order valence-electron chi connectivity index (χ0n) is 20.5. The number of allylic oxidation sites excluding steroid dienone is 2. The van der Waals surface area contributed by atoms with Gasteiger partial charge in [0.05, 0.1) is 23.3 Å². The molecule has 0 amide bonds. The molecule has 1 aromatic carbocycles. The monoisotopic (exact) mass is 481 g/mol. The lowest BCUT2D eigenvalue weighted by molar-refractivity contribution is 0.247. The summed E-state index contributed by atoms with van der Waals surface area (Å²) >= 11 is 1.70. The van der Waals surface area contributed by atoms with E-state index in [-0.39, 0.29) is 0 Å². The van der Waals surface area contributed by atoms with Crippen LogP contribution in [0.3, 0.4) is 0 Å². The molecule has 0 spiro atoms. The van der Waals surface area contributed by atoms with Crippen molar-refractivity contribution in [3.05, 3.63) is 87.3 Å². The summed E-state index contributed by atoms with van der Waals surface area (Å²) in [4.78, 5) is 8.37. The smallest absolute Gasteiger partial charge is 0.111 e. The second-order valence-electron chi connectivity index (χ2n) is 9.20. The van der Waals surface area contributed by atoms with E-state index in [4.69, 9.17) is 0 Å². The minimum Gasteiger partial charge on any atom is -0.346 e. The van der Waals surface area contributed by atoms with Gasteiger partial charge in [-0.3, -0.25) is 4.90 Å². The Bertz CT molecular complexity index is 1360. The summed E-state index contributed by atoms with van der Waals surface area (Å²) in [6, 6.07) is 8.72. The number of hydrogen-bond acceptors (Lipinski definition) is 5. The topological polar surface area (TPSA) is 56.9 Å². The van der Waals surface area contributed by atoms with Crippen LogP contribution in [0.25, 0.3) is 17.8 Å². The van der Waals surface area contributed by atoms with Crippen LogP contribution in [0.1, 0.15) is 57.4 Å². The Morgan fingerprint density at radius 2 is 2.20 bits per heavy atom. The maximum atomic E-state index is 9.98. The number of benzene rings is 1. The number of rotatable bonds is 7. The van der Waals surface area contributed by atoms with Crippen LogP contribution in [0, 0.1) is 18.3 Å². The van der Waals surface area contributed by atoms with E-state index in [0.717, 1.165) is 72.8 Å². The molecule has 0 saturated carbocycles. The van der Waals surface area contributed by atoms with E-state index in [0.29, 0.717) is 0 Å². The fourth-order valence-corrected chi connectivity index (χ4v) is 6.32. The number of nitrogens with one attached hydrogen (secondary N) is 1. The molecule has 0 saturated heterocycles. The molecule has 1 aliphatic carbocycles. The van der Waals surface area contributed by atoms with Crippen LogP contribution in [0.15, 0.2) is 43.3 Å². The van der Waals surface area contributed by atoms with Crippen molar-refractivity contribution < 1.29 is 0 Å². The molecule has 2 aromatic heterocycles. The third-order valence-corrected chi connectivity index (χ3v) is 8.07. The summed E-state index contributed by atoms with van der Waals surface area (Å²) in [5, 5.41) is 14.4. The van der Waals surface area contributed by atoms with Crippen LogP contribution in [0.2, 0.25) is 0 Å². The Hall–Kier alpha value is -3.40. The first-order valence-electron chi connectivity index (χ1n) is 12.2. The lowest BCUT2D eigenvalue weighted by atomic mass is 9.99. The van der Waals surface area contributed by atoms with Gasteiger partial charge in [0.25, 0.3) is 0 Å². The van der Waals surface area contributed by atoms with Gasteiger partial charge in [0.15, 0.2) is 0 Å². The molecule has 6 heteroatoms. The number of aryl methyl sites for hydroxylation is 2. The molecule has 3 aromatic rings. The molecule has 5 nitrogen and oxygen atoms in total. The zero-order chi connectivity index (χ0) is 24.4. The molecular formula is C29H31N5S. The number of anilines is 1. The lowest BCUT2D eigenvalue weighted by Gasteiger charge is -2.27. The number of nitrogens with zero attached hydrogens (tertiary/aromatic N) is 4. The Morgan fingerprint density at radius 3 is 3.03 bits per heavy atom. The molecule has 1 aliphatic heterocycles. The summed E-state index contributed by atoms with van der Waals surface area (Å²) < 4.78 is 2.27. The van der Waals surface area contributed by atoms with Crippen molar-refractivity contribution in [2.24, 2.45) is 0 Å². The van der Waals surface area contributed by atoms with Gasteiger partial charge in [-0.1, -0.05) is 43.0 Å². The largest absolute Gasteiger partial charge is 0.346 e. The third-order valence-electron chi connectivity index (χ3n) is 6.93. The van der Waals surface area contributed by atoms with E-state index < -0.39 is 0 Å². The van der Waals surface area contributed by atoms with E-state index >= 15 is 0 Å². The molecule has 1 N–H and O–H groups in total. The molecule has 2 aliphatic rings. The average Bonchev–Trinajstić information content (AvgIpc) is 3.44. The summed E-state index contributed by atoms with van der Waals surface area (Å²) in [5.41, 5.74) is 8.71. The fraction of sp³-hybridized carbons (Fsp3) is 0.310. The van der Waals surface area contributed by atoms with E-state index in [1.807, 2.05) is 19.3 Å². The van der Waals surface area contributed by atoms with E-state index in [1.54, 1.807) is 11.3 Å². The van der Waals surface area contributed by atoms with Gasteiger partial charge < -0.3 is 9.88 Å². The standard InChI is InChI=1S/C29H31N5S/c1-4-8-22-20(2)9-7-10-23(22)21(3)32-29-25(17-30)24-13-14-33(18-28(24)35-29)15-16-34-19-31-26-11-5-6-12-27(26)34/h4,6-10,12,19,32H,3,5,11,13-16,18H2,1-2H3/b8-4-. The predicted molar refractivity (Wildman–Crippen MR) is 146 cm³/mol. The Morgan fingerprint density at radius 1 is 1.31 bits per heavy atom. The van der Waals surface area contributed by atoms with Crippen LogP contribution in [0.4, 0.5) is 5.00 Å². The van der Waals surface area contributed by atoms with Gasteiger partial charge in [-0.2, -0.15) is 5.26 Å². The number of imidazole rings is 1. The predicted octanol–water partition coefficient (Wildman–Crippen LogP) is 6.26. The normalized spacial score (nSPS) is 15.1. The van der Waals surface area contributed by atoms with Crippen molar-refractivity contribution in [3.63, 3.8) is 0 Å². The maximum absolute atomic E-state index is 9.98. The molecule has 0 unspecified atom stereocenters. The van der Waals surface area contributed by atoms with E-state index in [2.05, 4.69) is 75.8 Å². The van der Waals surface area contributed by atoms with Crippen LogP contribution in [-0.4, -0.2) is 27.5 Å². The first kappa shape index (κ1) is 23.3. The van der Waals surface area contributed by atoms with E-state index in [1.165, 1.54) is 27.4 Å². The highest BCUT2D eigenvalue weighted by Crippen LogP contribution is 2.38. The van der Waals surface area contributed by atoms with Crippen LogP contribution >= 0.6 is 11.3 Å². The van der Waals surface area contributed by atoms with Gasteiger partial charge in [-0.15, -0.1) is 11.3 Å². The number of aromatic nitrogens is 2. The molecule has 0 atom stereocenters. The molecule has 5 rings (SSSR count). The van der Waals surface area contributed by atoms with Crippen molar-refractivity contribution in [2.45, 2.75) is 46.2 Å². The second-order valence-corrected chi connectivity index (χ2v) is 10.3. The zero-order valence-corrected chi connectivity index (χ0v) is 21.3. The molecular weight excluding hydrogens is 450 g/mol. The van der Waals surface area contributed by atoms with Crippen molar-refractivity contribution >= 4 is 34.2 Å². The quantitative estimate of drug-likeness (QED) is 0.433. The molecule has 0 radical (unpaired) electrons. The minimum atomic E-state index is 0.778. The third kappa shape index (κ3) is 4.62. The van der Waals surface area contributed by atoms with Crippen LogP contribution < -0.4 is 5.32 Å². The maximum Gasteiger partial charge on any atom is 0.111 e. The Labute approximate surface area is 211 Å². The number of hydrogen-bond donors (Lipinski definition) is 1. The summed E-state index contributed by atoms with van der Waals surface area (Å²) in [6.07, 6.45) is 13.6. The first-order chi connectivity index (χ1) is 17.1. The van der Waals surface area contributed by atoms with Gasteiger partial charge in [-0.05, 0) is 55.9 Å². The SMILES string of the molecule is C=C(Nc1sc2c(c1C#N)CCN(CCn1cnc3c1C=CCC3)C2)c1cccc(C)c1/C=C\C. The fourth-order valence-electron chi connectivity index (χ4n) is 5.05. The van der Waals surface area contributed by atoms with Gasteiger partial charge in [0.1, 0.15) is 11.1 Å². The number of thiophene rings is 1. The van der Waals surface area contributed by atoms with Gasteiger partial charge >= 0.3 is 0 Å². The van der Waals surface area contributed by atoms with Crippen LogP contribution in [0.5, 0.6) is 0 Å². The van der Waals surface area contributed by atoms with Crippen molar-refractivity contribution in [1.82, 2.24) is 14.5 Å². The highest BCUT2D eigenvalue weighted by atomic mass is 32.1. The van der Waals surface area contributed by atoms with Crippen molar-refractivity contribution in [1.29, 1.82) is 5.26 Å².